The molecule has 1 aliphatic heterocycles. The second kappa shape index (κ2) is 14.7. The van der Waals surface area contributed by atoms with E-state index in [1.54, 1.807) is 40.4 Å². The van der Waals surface area contributed by atoms with Gasteiger partial charge in [0.2, 0.25) is 5.62 Å². The molecule has 3 heterocycles. The minimum Gasteiger partial charge on any atom is -0.489 e. The van der Waals surface area contributed by atoms with E-state index in [4.69, 9.17) is 36.7 Å². The van der Waals surface area contributed by atoms with Gasteiger partial charge in [0.25, 0.3) is 17.9 Å². The van der Waals surface area contributed by atoms with Crippen molar-refractivity contribution >= 4 is 50.4 Å². The van der Waals surface area contributed by atoms with Gasteiger partial charge in [0.1, 0.15) is 24.1 Å². The highest BCUT2D eigenvalue weighted by molar-refractivity contribution is 7.80. The third-order valence-corrected chi connectivity index (χ3v) is 8.56. The molecule has 0 bridgehead atoms. The fourth-order valence-electron chi connectivity index (χ4n) is 4.71. The lowest BCUT2D eigenvalue weighted by molar-refractivity contribution is -0.218. The summed E-state index contributed by atoms with van der Waals surface area (Å²) >= 11 is 0.947. The lowest BCUT2D eigenvalue weighted by Crippen LogP contribution is -2.76. The first-order valence-electron chi connectivity index (χ1n) is 14.4. The Hall–Kier alpha value is -4.87. The molecule has 0 radical (unpaired) electrons. The van der Waals surface area contributed by atoms with Crippen molar-refractivity contribution in [3.05, 3.63) is 47.2 Å². The number of nitrogens with zero attached hydrogens (tertiary/aromatic N) is 5. The quantitative estimate of drug-likeness (QED) is 0.0389. The highest BCUT2D eigenvalue weighted by Gasteiger charge is 2.58. The fourth-order valence-corrected chi connectivity index (χ4v) is 5.71. The number of imidazole rings is 1. The molecule has 0 saturated carbocycles. The van der Waals surface area contributed by atoms with Crippen LogP contribution >= 0.6 is 11.3 Å². The Morgan fingerprint density at radius 2 is 1.88 bits per heavy atom. The zero-order valence-electron chi connectivity index (χ0n) is 26.5. The summed E-state index contributed by atoms with van der Waals surface area (Å²) in [6, 6.07) is 5.32. The van der Waals surface area contributed by atoms with Crippen molar-refractivity contribution < 1.29 is 46.3 Å². The van der Waals surface area contributed by atoms with Gasteiger partial charge in [0, 0.05) is 31.1 Å². The van der Waals surface area contributed by atoms with Gasteiger partial charge in [0.05, 0.1) is 11.2 Å². The molecule has 1 fully saturated rings. The molecule has 0 spiro atoms. The van der Waals surface area contributed by atoms with E-state index < -0.39 is 58.2 Å². The number of benzene rings is 1. The van der Waals surface area contributed by atoms with Gasteiger partial charge in [-0.05, 0) is 56.8 Å². The van der Waals surface area contributed by atoms with Crippen molar-refractivity contribution in [1.29, 1.82) is 5.41 Å². The van der Waals surface area contributed by atoms with Crippen molar-refractivity contribution in [2.45, 2.75) is 38.1 Å². The largest absolute Gasteiger partial charge is 0.489 e. The fraction of sp³-hybridized carbons (Fsp3) is 0.407. The number of β-lactam (4-membered cyclic amide) rings is 1. The minimum absolute atomic E-state index is 0.0136. The number of carboxylic acid groups (broad SMARTS) is 1. The number of rotatable bonds is 16. The number of thiazole rings is 1. The van der Waals surface area contributed by atoms with E-state index >= 15 is 0 Å². The molecule has 1 aromatic carbocycles. The number of carboxylic acids is 1. The van der Waals surface area contributed by atoms with E-state index in [-0.39, 0.29) is 28.1 Å². The van der Waals surface area contributed by atoms with Crippen LogP contribution in [0.1, 0.15) is 19.5 Å². The number of hydrogen-bond donors (Lipinski definition) is 7. The normalized spacial score (nSPS) is 16.7. The van der Waals surface area contributed by atoms with Gasteiger partial charge < -0.3 is 46.3 Å². The van der Waals surface area contributed by atoms with Gasteiger partial charge in [-0.1, -0.05) is 5.16 Å². The predicted octanol–water partition coefficient (Wildman–Crippen LogP) is -1.36. The topological polar surface area (TPSA) is 306 Å². The highest BCUT2D eigenvalue weighted by Crippen LogP contribution is 2.33. The summed E-state index contributed by atoms with van der Waals surface area (Å²) in [4.78, 5) is 46.9. The summed E-state index contributed by atoms with van der Waals surface area (Å²) in [6.45, 7) is 3.43. The van der Waals surface area contributed by atoms with E-state index in [0.29, 0.717) is 24.7 Å². The summed E-state index contributed by atoms with van der Waals surface area (Å²) in [5.74, 6) is -3.22. The number of oxime groups is 1. The van der Waals surface area contributed by atoms with Gasteiger partial charge >= 0.3 is 16.4 Å². The van der Waals surface area contributed by atoms with Crippen LogP contribution in [0.4, 0.5) is 5.13 Å². The molecule has 49 heavy (non-hydrogen) atoms. The Labute approximate surface area is 283 Å². The van der Waals surface area contributed by atoms with Gasteiger partial charge in [-0.15, -0.1) is 15.6 Å². The molecule has 20 nitrogen and oxygen atoms in total. The van der Waals surface area contributed by atoms with Crippen LogP contribution in [0.2, 0.25) is 0 Å². The van der Waals surface area contributed by atoms with Crippen molar-refractivity contribution in [3.8, 4) is 17.0 Å². The summed E-state index contributed by atoms with van der Waals surface area (Å²) in [5, 5.41) is 26.0. The number of carbonyl (C=O) groups is 3. The molecule has 4 rings (SSSR count). The predicted molar refractivity (Wildman–Crippen MR) is 173 cm³/mol. The standard InChI is InChI=1S/C27H36N10O10S2/c1-27(2)21(23(39)37(27)47-49(42,43)44)33-22(38)20(17-13-48-25(30)32-17)34-46-19(24(40)41)12-45-16-6-4-15(5-7-16)18-11-36(26(31)35(18)3)10-14(8-28)9-29/h4-7,11,13-14,19,21,31H,8-10,12,28-29H2,1-3H3,(H2,30,32)(H,33,38)(H,40,41)(H,42,43,44)/b31-26?,34-20-/t19-,21?/m0/s1. The van der Waals surface area contributed by atoms with Gasteiger partial charge in [0.15, 0.2) is 10.8 Å². The molecule has 0 aliphatic carbocycles. The van der Waals surface area contributed by atoms with E-state index in [0.717, 1.165) is 22.6 Å². The zero-order valence-corrected chi connectivity index (χ0v) is 28.1. The number of anilines is 1. The van der Waals surface area contributed by atoms with E-state index in [1.807, 2.05) is 6.20 Å². The number of ether oxygens (including phenoxy) is 1. The first-order valence-corrected chi connectivity index (χ1v) is 16.6. The number of aliphatic carboxylic acids is 1. The Morgan fingerprint density at radius 3 is 2.41 bits per heavy atom. The Morgan fingerprint density at radius 1 is 1.22 bits per heavy atom. The second-order valence-electron chi connectivity index (χ2n) is 11.4. The number of nitrogens with one attached hydrogen (secondary N) is 2. The van der Waals surface area contributed by atoms with Gasteiger partial charge in [-0.2, -0.15) is 13.5 Å². The van der Waals surface area contributed by atoms with Crippen molar-refractivity contribution in [2.24, 2.45) is 29.6 Å². The molecule has 1 saturated heterocycles. The van der Waals surface area contributed by atoms with Crippen molar-refractivity contribution in [1.82, 2.24) is 24.5 Å². The summed E-state index contributed by atoms with van der Waals surface area (Å²) in [7, 11) is -3.28. The Kier molecular flexibility index (Phi) is 11.1. The smallest absolute Gasteiger partial charge is 0.418 e. The van der Waals surface area contributed by atoms with E-state index in [2.05, 4.69) is 19.7 Å². The number of aromatic nitrogens is 3. The molecule has 2 aromatic heterocycles. The number of nitrogens with two attached hydrogens (primary N) is 3. The summed E-state index contributed by atoms with van der Waals surface area (Å²) in [5.41, 5.74) is 16.9. The van der Waals surface area contributed by atoms with Crippen LogP contribution in [-0.2, 0) is 47.5 Å². The van der Waals surface area contributed by atoms with E-state index in [1.165, 1.54) is 19.2 Å². The molecule has 3 aromatic rings. The molecule has 10 N–H and O–H groups in total. The van der Waals surface area contributed by atoms with E-state index in [9.17, 15) is 27.9 Å². The van der Waals surface area contributed by atoms with Crippen molar-refractivity contribution in [3.63, 3.8) is 0 Å². The maximum atomic E-state index is 13.2. The average Bonchev–Trinajstić information content (AvgIpc) is 3.60. The molecule has 1 aliphatic rings. The monoisotopic (exact) mass is 724 g/mol. The molecular weight excluding hydrogens is 688 g/mol. The first kappa shape index (κ1) is 37.0. The third-order valence-electron chi connectivity index (χ3n) is 7.55. The maximum Gasteiger partial charge on any atom is 0.418 e. The maximum absolute atomic E-state index is 13.2. The molecule has 2 amide bonds. The van der Waals surface area contributed by atoms with Gasteiger partial charge in [-0.3, -0.25) is 19.6 Å². The van der Waals surface area contributed by atoms with Crippen LogP contribution in [0.5, 0.6) is 5.75 Å². The third kappa shape index (κ3) is 8.41. The van der Waals surface area contributed by atoms with Crippen LogP contribution in [-0.4, -0.2) is 98.1 Å². The van der Waals surface area contributed by atoms with Crippen LogP contribution in [0.3, 0.4) is 0 Å². The minimum atomic E-state index is -5.03. The second-order valence-corrected chi connectivity index (χ2v) is 13.3. The van der Waals surface area contributed by atoms with Gasteiger partial charge in [-0.25, -0.2) is 9.78 Å². The average molecular weight is 725 g/mol. The summed E-state index contributed by atoms with van der Waals surface area (Å²) in [6.07, 6.45) is 0.104. The van der Waals surface area contributed by atoms with Crippen LogP contribution in [0.25, 0.3) is 11.3 Å². The number of carbonyl (C=O) groups excluding carboxylic acids is 2. The molecule has 22 heteroatoms. The Balaban J connectivity index is 1.46. The van der Waals surface area contributed by atoms with Crippen LogP contribution < -0.4 is 32.9 Å². The molecular formula is C27H36N10O10S2. The molecule has 266 valence electrons. The molecule has 1 unspecified atom stereocenters. The van der Waals surface area contributed by atoms with Crippen molar-refractivity contribution in [2.75, 3.05) is 25.4 Å². The highest BCUT2D eigenvalue weighted by atomic mass is 32.3. The van der Waals surface area contributed by atoms with Crippen LogP contribution in [0, 0.1) is 11.3 Å². The zero-order chi connectivity index (χ0) is 36.3. The lowest BCUT2D eigenvalue weighted by Gasteiger charge is -2.50. The van der Waals surface area contributed by atoms with Crippen LogP contribution in [0.15, 0.2) is 41.0 Å². The number of nitrogen functional groups attached to an aromatic ring is 1. The lowest BCUT2D eigenvalue weighted by atomic mass is 9.84. The SMILES string of the molecule is Cn1c(-c2ccc(OC[C@H](O/N=C(\C(=O)NC3C(=O)N(OS(=O)(=O)O)C3(C)C)c3csc(N)n3)C(=O)O)cc2)cn(CC(CN)CN)c1=N. The number of hydroxylamine groups is 2. The number of hydrogen-bond acceptors (Lipinski definition) is 15. The Bertz CT molecular complexity index is 1900. The molecule has 2 atom stereocenters. The summed E-state index contributed by atoms with van der Waals surface area (Å²) < 4.78 is 44.5. The number of amides is 2. The first-order chi connectivity index (χ1) is 23.0.